The molecular formula is C22H36Cl2N3O+. The molecule has 0 saturated carbocycles. The molecule has 4 nitrogen and oxygen atoms in total. The van der Waals surface area contributed by atoms with Gasteiger partial charge in [-0.1, -0.05) is 62.2 Å². The van der Waals surface area contributed by atoms with Gasteiger partial charge in [0.15, 0.2) is 0 Å². The summed E-state index contributed by atoms with van der Waals surface area (Å²) >= 11 is 12.0. The maximum atomic E-state index is 12.4. The van der Waals surface area contributed by atoms with Crippen molar-refractivity contribution >= 4 is 29.1 Å². The van der Waals surface area contributed by atoms with Crippen molar-refractivity contribution in [3.63, 3.8) is 0 Å². The molecule has 1 aliphatic rings. The minimum absolute atomic E-state index is 0.214. The van der Waals surface area contributed by atoms with E-state index in [1.165, 1.54) is 83.8 Å². The highest BCUT2D eigenvalue weighted by Crippen LogP contribution is 2.21. The van der Waals surface area contributed by atoms with Gasteiger partial charge in [0, 0.05) is 0 Å². The SMILES string of the molecule is CCCCCCCCC[N+]1(CCNC(=O)c2nc(Cl)ccc2Cl)CCCCC1. The first kappa shape index (κ1) is 23.4. The number of halogens is 2. The molecule has 0 atom stereocenters. The van der Waals surface area contributed by atoms with Crippen LogP contribution in [-0.4, -0.2) is 48.1 Å². The molecule has 0 bridgehead atoms. The van der Waals surface area contributed by atoms with Gasteiger partial charge in [0.1, 0.15) is 10.8 Å². The maximum Gasteiger partial charge on any atom is 0.271 e. The number of pyridine rings is 1. The van der Waals surface area contributed by atoms with Crippen LogP contribution in [0.25, 0.3) is 0 Å². The maximum absolute atomic E-state index is 12.4. The molecule has 158 valence electrons. The van der Waals surface area contributed by atoms with Crippen molar-refractivity contribution in [3.8, 4) is 0 Å². The molecular weight excluding hydrogens is 393 g/mol. The predicted octanol–water partition coefficient (Wildman–Crippen LogP) is 5.87. The van der Waals surface area contributed by atoms with E-state index in [0.717, 1.165) is 11.0 Å². The zero-order valence-electron chi connectivity index (χ0n) is 17.3. The monoisotopic (exact) mass is 428 g/mol. The fourth-order valence-electron chi connectivity index (χ4n) is 4.21. The summed E-state index contributed by atoms with van der Waals surface area (Å²) in [5.41, 5.74) is 0.214. The number of amides is 1. The van der Waals surface area contributed by atoms with Gasteiger partial charge in [-0.25, -0.2) is 4.98 Å². The average Bonchev–Trinajstić information content (AvgIpc) is 2.70. The first-order valence-electron chi connectivity index (χ1n) is 11.0. The predicted molar refractivity (Wildman–Crippen MR) is 118 cm³/mol. The number of carbonyl (C=O) groups excluding carboxylic acids is 1. The van der Waals surface area contributed by atoms with Crippen molar-refractivity contribution in [3.05, 3.63) is 28.0 Å². The third kappa shape index (κ3) is 7.88. The van der Waals surface area contributed by atoms with Crippen molar-refractivity contribution in [2.24, 2.45) is 0 Å². The summed E-state index contributed by atoms with van der Waals surface area (Å²) in [6.45, 7) is 7.61. The Morgan fingerprint density at radius 2 is 1.68 bits per heavy atom. The van der Waals surface area contributed by atoms with Crippen LogP contribution in [0.1, 0.15) is 81.6 Å². The number of carbonyl (C=O) groups is 1. The van der Waals surface area contributed by atoms with E-state index < -0.39 is 0 Å². The minimum Gasteiger partial charge on any atom is -0.345 e. The number of aromatic nitrogens is 1. The second-order valence-electron chi connectivity index (χ2n) is 8.14. The second-order valence-corrected chi connectivity index (χ2v) is 8.93. The summed E-state index contributed by atoms with van der Waals surface area (Å²) in [4.78, 5) is 16.5. The Balaban J connectivity index is 1.78. The minimum atomic E-state index is -0.237. The van der Waals surface area contributed by atoms with Crippen LogP contribution in [0.5, 0.6) is 0 Å². The number of rotatable bonds is 12. The summed E-state index contributed by atoms with van der Waals surface area (Å²) in [7, 11) is 0. The number of likely N-dealkylation sites (tertiary alicyclic amines) is 1. The van der Waals surface area contributed by atoms with Gasteiger partial charge in [-0.3, -0.25) is 4.79 Å². The molecule has 0 aromatic carbocycles. The van der Waals surface area contributed by atoms with E-state index in [0.29, 0.717) is 11.6 Å². The Bertz CT molecular complexity index is 603. The highest BCUT2D eigenvalue weighted by molar-refractivity contribution is 6.34. The van der Waals surface area contributed by atoms with Gasteiger partial charge in [0.25, 0.3) is 5.91 Å². The highest BCUT2D eigenvalue weighted by atomic mass is 35.5. The Morgan fingerprint density at radius 3 is 2.39 bits per heavy atom. The zero-order chi connectivity index (χ0) is 20.2. The van der Waals surface area contributed by atoms with Crippen molar-refractivity contribution < 1.29 is 9.28 Å². The number of nitrogens with zero attached hydrogens (tertiary/aromatic N) is 2. The first-order chi connectivity index (χ1) is 13.6. The fraction of sp³-hybridized carbons (Fsp3) is 0.727. The third-order valence-corrected chi connectivity index (χ3v) is 6.42. The molecule has 1 aliphatic heterocycles. The molecule has 0 radical (unpaired) electrons. The molecule has 1 N–H and O–H groups in total. The highest BCUT2D eigenvalue weighted by Gasteiger charge is 2.29. The Kier molecular flexibility index (Phi) is 10.6. The lowest BCUT2D eigenvalue weighted by atomic mass is 10.0. The van der Waals surface area contributed by atoms with E-state index in [9.17, 15) is 4.79 Å². The van der Waals surface area contributed by atoms with Crippen LogP contribution >= 0.6 is 23.2 Å². The van der Waals surface area contributed by atoms with Gasteiger partial charge in [0.2, 0.25) is 0 Å². The largest absolute Gasteiger partial charge is 0.345 e. The van der Waals surface area contributed by atoms with Gasteiger partial charge in [0.05, 0.1) is 37.7 Å². The Hall–Kier alpha value is -0.840. The quantitative estimate of drug-likeness (QED) is 0.257. The van der Waals surface area contributed by atoms with Crippen LogP contribution in [-0.2, 0) is 0 Å². The second kappa shape index (κ2) is 12.7. The van der Waals surface area contributed by atoms with Crippen molar-refractivity contribution in [1.82, 2.24) is 10.3 Å². The number of hydrogen-bond donors (Lipinski definition) is 1. The molecule has 1 amide bonds. The fourth-order valence-corrected chi connectivity index (χ4v) is 4.55. The number of quaternary nitrogens is 1. The van der Waals surface area contributed by atoms with E-state index in [1.54, 1.807) is 12.1 Å². The molecule has 2 rings (SSSR count). The number of hydrogen-bond acceptors (Lipinski definition) is 2. The molecule has 0 unspecified atom stereocenters. The lowest BCUT2D eigenvalue weighted by molar-refractivity contribution is -0.931. The molecule has 6 heteroatoms. The summed E-state index contributed by atoms with van der Waals surface area (Å²) < 4.78 is 1.14. The molecule has 28 heavy (non-hydrogen) atoms. The van der Waals surface area contributed by atoms with E-state index in [4.69, 9.17) is 23.2 Å². The van der Waals surface area contributed by atoms with Crippen LogP contribution in [0.15, 0.2) is 12.1 Å². The van der Waals surface area contributed by atoms with E-state index in [1.807, 2.05) is 0 Å². The van der Waals surface area contributed by atoms with E-state index in [2.05, 4.69) is 17.2 Å². The van der Waals surface area contributed by atoms with Crippen molar-refractivity contribution in [2.45, 2.75) is 71.1 Å². The van der Waals surface area contributed by atoms with Crippen LogP contribution in [0.3, 0.4) is 0 Å². The molecule has 2 heterocycles. The number of piperidine rings is 1. The van der Waals surface area contributed by atoms with Gasteiger partial charge in [-0.05, 0) is 44.2 Å². The lowest BCUT2D eigenvalue weighted by Gasteiger charge is -2.42. The molecule has 0 spiro atoms. The summed E-state index contributed by atoms with van der Waals surface area (Å²) in [6, 6.07) is 3.21. The summed E-state index contributed by atoms with van der Waals surface area (Å²) in [5, 5.41) is 3.63. The van der Waals surface area contributed by atoms with Crippen LogP contribution < -0.4 is 5.32 Å². The molecule has 1 aromatic rings. The van der Waals surface area contributed by atoms with Crippen molar-refractivity contribution in [1.29, 1.82) is 0 Å². The standard InChI is InChI=1S/C22H35Cl2N3O/c1-2-3-4-5-6-7-9-15-27(16-10-8-11-17-27)18-14-25-22(28)21-19(23)12-13-20(24)26-21/h12-13H,2-11,14-18H2,1H3/p+1. The first-order valence-corrected chi connectivity index (χ1v) is 11.8. The summed E-state index contributed by atoms with van der Waals surface area (Å²) in [6.07, 6.45) is 13.3. The Labute approximate surface area is 180 Å². The zero-order valence-corrected chi connectivity index (χ0v) is 18.8. The molecule has 1 saturated heterocycles. The molecule has 1 aromatic heterocycles. The van der Waals surface area contributed by atoms with Gasteiger partial charge in [-0.2, -0.15) is 0 Å². The smallest absolute Gasteiger partial charge is 0.271 e. The lowest BCUT2D eigenvalue weighted by Crippen LogP contribution is -2.55. The van der Waals surface area contributed by atoms with Gasteiger partial charge in [-0.15, -0.1) is 0 Å². The normalized spacial score (nSPS) is 16.1. The van der Waals surface area contributed by atoms with Crippen LogP contribution in [0, 0.1) is 0 Å². The van der Waals surface area contributed by atoms with E-state index >= 15 is 0 Å². The molecule has 1 fully saturated rings. The van der Waals surface area contributed by atoms with Gasteiger partial charge < -0.3 is 9.80 Å². The third-order valence-electron chi connectivity index (χ3n) is 5.90. The average molecular weight is 429 g/mol. The van der Waals surface area contributed by atoms with E-state index in [-0.39, 0.29) is 16.8 Å². The summed E-state index contributed by atoms with van der Waals surface area (Å²) in [5.74, 6) is -0.237. The van der Waals surface area contributed by atoms with Crippen LogP contribution in [0.2, 0.25) is 10.2 Å². The van der Waals surface area contributed by atoms with Gasteiger partial charge >= 0.3 is 0 Å². The van der Waals surface area contributed by atoms with Crippen molar-refractivity contribution in [2.75, 3.05) is 32.7 Å². The van der Waals surface area contributed by atoms with Crippen LogP contribution in [0.4, 0.5) is 0 Å². The Morgan fingerprint density at radius 1 is 1.00 bits per heavy atom. The number of unbranched alkanes of at least 4 members (excludes halogenated alkanes) is 6. The molecule has 0 aliphatic carbocycles. The topological polar surface area (TPSA) is 42.0 Å². The number of nitrogens with one attached hydrogen (secondary N) is 1.